The van der Waals surface area contributed by atoms with Gasteiger partial charge in [0.2, 0.25) is 0 Å². The second kappa shape index (κ2) is 10.0. The Bertz CT molecular complexity index is 908. The second-order valence-corrected chi connectivity index (χ2v) is 6.21. The van der Waals surface area contributed by atoms with Crippen molar-refractivity contribution in [3.8, 4) is 0 Å². The summed E-state index contributed by atoms with van der Waals surface area (Å²) in [7, 11) is 0. The maximum absolute atomic E-state index is 13.4. The average molecular weight is 407 g/mol. The third-order valence-electron chi connectivity index (χ3n) is 3.18. The lowest BCUT2D eigenvalue weighted by Crippen LogP contribution is -2.43. The minimum absolute atomic E-state index is 0.0345. The molecular formula is C17H14FN3O6S. The molecule has 2 amide bonds. The fraction of sp³-hybridized carbons (Fsp3) is 0.118. The summed E-state index contributed by atoms with van der Waals surface area (Å²) in [5, 5.41) is 10.7. The van der Waals surface area contributed by atoms with Crippen molar-refractivity contribution in [3.05, 3.63) is 70.0 Å². The molecular weight excluding hydrogens is 393 g/mol. The number of nitro benzene ring substituents is 1. The maximum Gasteiger partial charge on any atom is 0.316 e. The van der Waals surface area contributed by atoms with E-state index in [0.717, 1.165) is 17.8 Å². The highest BCUT2D eigenvalue weighted by Gasteiger charge is 2.13. The monoisotopic (exact) mass is 407 g/mol. The van der Waals surface area contributed by atoms with Gasteiger partial charge in [-0.25, -0.2) is 4.39 Å². The topological polar surface area (TPSA) is 128 Å². The van der Waals surface area contributed by atoms with E-state index in [2.05, 4.69) is 0 Å². The molecule has 2 aromatic carbocycles. The normalized spacial score (nSPS) is 10.0. The third-order valence-corrected chi connectivity index (χ3v) is 4.20. The minimum atomic E-state index is -0.817. The Morgan fingerprint density at radius 2 is 1.86 bits per heavy atom. The summed E-state index contributed by atoms with van der Waals surface area (Å²) in [6.45, 7) is -0.661. The average Bonchev–Trinajstić information content (AvgIpc) is 2.69. The number of hydrogen-bond acceptors (Lipinski definition) is 7. The molecule has 0 heterocycles. The molecule has 0 radical (unpaired) electrons. The highest BCUT2D eigenvalue weighted by Crippen LogP contribution is 2.21. The molecule has 0 fully saturated rings. The summed E-state index contributed by atoms with van der Waals surface area (Å²) in [5.74, 6) is -3.01. The van der Waals surface area contributed by atoms with E-state index in [9.17, 15) is 28.9 Å². The zero-order chi connectivity index (χ0) is 20.5. The lowest BCUT2D eigenvalue weighted by Gasteiger charge is -2.08. The van der Waals surface area contributed by atoms with Crippen molar-refractivity contribution in [1.82, 2.24) is 10.9 Å². The van der Waals surface area contributed by atoms with Gasteiger partial charge in [-0.2, -0.15) is 0 Å². The lowest BCUT2D eigenvalue weighted by atomic mass is 10.2. The number of carbonyl (C=O) groups is 3. The van der Waals surface area contributed by atoms with Crippen LogP contribution in [-0.4, -0.2) is 35.1 Å². The van der Waals surface area contributed by atoms with Gasteiger partial charge in [-0.1, -0.05) is 18.2 Å². The number of nitro groups is 1. The zero-order valence-corrected chi connectivity index (χ0v) is 15.0. The molecule has 0 spiro atoms. The number of thioether (sulfide) groups is 1. The molecule has 0 aliphatic carbocycles. The molecule has 2 aromatic rings. The van der Waals surface area contributed by atoms with Gasteiger partial charge in [0.05, 0.1) is 10.7 Å². The van der Waals surface area contributed by atoms with E-state index in [1.54, 1.807) is 6.07 Å². The van der Waals surface area contributed by atoms with Crippen molar-refractivity contribution in [2.75, 3.05) is 12.4 Å². The molecule has 0 unspecified atom stereocenters. The number of nitrogens with one attached hydrogen (secondary N) is 2. The summed E-state index contributed by atoms with van der Waals surface area (Å²) >= 11 is 0.920. The van der Waals surface area contributed by atoms with Crippen LogP contribution in [-0.2, 0) is 14.3 Å². The highest BCUT2D eigenvalue weighted by molar-refractivity contribution is 8.00. The summed E-state index contributed by atoms with van der Waals surface area (Å²) in [6, 6.07) is 10.8. The van der Waals surface area contributed by atoms with Crippen LogP contribution in [0.1, 0.15) is 10.4 Å². The van der Waals surface area contributed by atoms with Gasteiger partial charge in [0.1, 0.15) is 5.82 Å². The van der Waals surface area contributed by atoms with Crippen molar-refractivity contribution in [2.45, 2.75) is 4.90 Å². The number of halogens is 1. The van der Waals surface area contributed by atoms with E-state index in [4.69, 9.17) is 4.74 Å². The lowest BCUT2D eigenvalue weighted by molar-refractivity contribution is -0.384. The van der Waals surface area contributed by atoms with Gasteiger partial charge in [0.15, 0.2) is 6.61 Å². The van der Waals surface area contributed by atoms with Crippen LogP contribution in [0.5, 0.6) is 0 Å². The number of carbonyl (C=O) groups excluding carboxylic acids is 3. The summed E-state index contributed by atoms with van der Waals surface area (Å²) < 4.78 is 18.1. The number of nitrogens with zero attached hydrogens (tertiary/aromatic N) is 1. The molecule has 0 bridgehead atoms. The van der Waals surface area contributed by atoms with E-state index < -0.39 is 35.1 Å². The zero-order valence-electron chi connectivity index (χ0n) is 14.2. The number of rotatable bonds is 7. The molecule has 0 saturated heterocycles. The summed E-state index contributed by atoms with van der Waals surface area (Å²) in [6.07, 6.45) is 0. The molecule has 2 N–H and O–H groups in total. The van der Waals surface area contributed by atoms with Gasteiger partial charge in [0.25, 0.3) is 17.5 Å². The Morgan fingerprint density at radius 3 is 2.57 bits per heavy atom. The first kappa shape index (κ1) is 20.8. The maximum atomic E-state index is 13.4. The van der Waals surface area contributed by atoms with Crippen LogP contribution in [0.4, 0.5) is 10.1 Å². The molecule has 9 nitrogen and oxygen atoms in total. The molecule has 0 aliphatic heterocycles. The van der Waals surface area contributed by atoms with Crippen LogP contribution in [0.2, 0.25) is 0 Å². The Kier molecular flexibility index (Phi) is 7.45. The van der Waals surface area contributed by atoms with Crippen LogP contribution >= 0.6 is 11.8 Å². The largest absolute Gasteiger partial charge is 0.455 e. The number of non-ortho nitro benzene ring substituents is 1. The molecule has 11 heteroatoms. The van der Waals surface area contributed by atoms with Crippen LogP contribution in [0.15, 0.2) is 53.4 Å². The molecule has 146 valence electrons. The van der Waals surface area contributed by atoms with E-state index >= 15 is 0 Å². The first-order valence-electron chi connectivity index (χ1n) is 7.73. The molecule has 0 aromatic heterocycles. The minimum Gasteiger partial charge on any atom is -0.455 e. The Morgan fingerprint density at radius 1 is 1.11 bits per heavy atom. The summed E-state index contributed by atoms with van der Waals surface area (Å²) in [4.78, 5) is 45.4. The smallest absolute Gasteiger partial charge is 0.316 e. The van der Waals surface area contributed by atoms with E-state index in [0.29, 0.717) is 0 Å². The van der Waals surface area contributed by atoms with Crippen molar-refractivity contribution in [2.24, 2.45) is 0 Å². The Labute approximate surface area is 162 Å². The standard InChI is InChI=1S/C17H14FN3O6S/c18-13-6-1-2-7-14(13)28-10-16(23)27-9-15(22)19-20-17(24)11-4-3-5-12(8-11)21(25)26/h1-8H,9-10H2,(H,19,22)(H,20,24). The SMILES string of the molecule is O=C(COC(=O)CSc1ccccc1F)NNC(=O)c1cccc([N+](=O)[O-])c1. The Balaban J connectivity index is 1.73. The van der Waals surface area contributed by atoms with Crippen LogP contribution in [0, 0.1) is 15.9 Å². The van der Waals surface area contributed by atoms with Gasteiger partial charge in [0, 0.05) is 22.6 Å². The van der Waals surface area contributed by atoms with Crippen LogP contribution in [0.25, 0.3) is 0 Å². The molecule has 0 aliphatic rings. The number of hydrogen-bond donors (Lipinski definition) is 2. The molecule has 28 heavy (non-hydrogen) atoms. The van der Waals surface area contributed by atoms with E-state index in [-0.39, 0.29) is 21.9 Å². The van der Waals surface area contributed by atoms with Gasteiger partial charge in [-0.05, 0) is 18.2 Å². The van der Waals surface area contributed by atoms with Gasteiger partial charge < -0.3 is 4.74 Å². The second-order valence-electron chi connectivity index (χ2n) is 5.19. The number of hydrazine groups is 1. The molecule has 0 saturated carbocycles. The number of esters is 1. The predicted molar refractivity (Wildman–Crippen MR) is 96.8 cm³/mol. The highest BCUT2D eigenvalue weighted by atomic mass is 32.2. The predicted octanol–water partition coefficient (Wildman–Crippen LogP) is 1.83. The Hall–Kier alpha value is -3.47. The van der Waals surface area contributed by atoms with E-state index in [1.165, 1.54) is 36.4 Å². The van der Waals surface area contributed by atoms with Crippen molar-refractivity contribution in [3.63, 3.8) is 0 Å². The number of ether oxygens (including phenoxy) is 1. The van der Waals surface area contributed by atoms with Crippen molar-refractivity contribution >= 4 is 35.2 Å². The number of amides is 2. The van der Waals surface area contributed by atoms with Crippen molar-refractivity contribution in [1.29, 1.82) is 0 Å². The third kappa shape index (κ3) is 6.36. The fourth-order valence-electron chi connectivity index (χ4n) is 1.88. The van der Waals surface area contributed by atoms with Crippen LogP contribution in [0.3, 0.4) is 0 Å². The summed E-state index contributed by atoms with van der Waals surface area (Å²) in [5.41, 5.74) is 3.75. The quantitative estimate of drug-likeness (QED) is 0.310. The van der Waals surface area contributed by atoms with Crippen molar-refractivity contribution < 1.29 is 28.4 Å². The first-order valence-corrected chi connectivity index (χ1v) is 8.72. The fourth-order valence-corrected chi connectivity index (χ4v) is 2.62. The van der Waals surface area contributed by atoms with Crippen LogP contribution < -0.4 is 10.9 Å². The van der Waals surface area contributed by atoms with Gasteiger partial charge in [-0.15, -0.1) is 11.8 Å². The van der Waals surface area contributed by atoms with Gasteiger partial charge in [-0.3, -0.25) is 35.3 Å². The molecule has 2 rings (SSSR count). The molecule has 0 atom stereocenters. The van der Waals surface area contributed by atoms with Gasteiger partial charge >= 0.3 is 5.97 Å². The van der Waals surface area contributed by atoms with E-state index in [1.807, 2.05) is 10.9 Å². The number of benzene rings is 2. The first-order chi connectivity index (χ1) is 13.4.